The van der Waals surface area contributed by atoms with Crippen molar-refractivity contribution in [2.45, 2.75) is 25.0 Å². The van der Waals surface area contributed by atoms with Crippen molar-refractivity contribution in [2.24, 2.45) is 0 Å². The lowest BCUT2D eigenvalue weighted by Gasteiger charge is -2.48. The van der Waals surface area contributed by atoms with Crippen molar-refractivity contribution in [3.05, 3.63) is 46.7 Å². The van der Waals surface area contributed by atoms with Gasteiger partial charge in [-0.2, -0.15) is 0 Å². The van der Waals surface area contributed by atoms with E-state index in [0.29, 0.717) is 11.1 Å². The SMILES string of the molecule is COC(=O)c1ccc(COC(=O)C2=C(COC(C)=O)CS(=O)(=O)[C@@H]3[C@@H](OC)C(=O)N23)cc1. The van der Waals surface area contributed by atoms with E-state index in [1.54, 1.807) is 12.1 Å². The fourth-order valence-corrected chi connectivity index (χ4v) is 5.43. The average molecular weight is 467 g/mol. The van der Waals surface area contributed by atoms with Gasteiger partial charge in [0.05, 0.1) is 18.4 Å². The molecule has 0 radical (unpaired) electrons. The third kappa shape index (κ3) is 4.36. The molecule has 2 aliphatic heterocycles. The fourth-order valence-electron chi connectivity index (χ4n) is 3.42. The van der Waals surface area contributed by atoms with E-state index in [2.05, 4.69) is 4.74 Å². The van der Waals surface area contributed by atoms with Gasteiger partial charge in [0.2, 0.25) is 0 Å². The Hall–Kier alpha value is -3.25. The minimum atomic E-state index is -3.88. The van der Waals surface area contributed by atoms with Gasteiger partial charge in [-0.05, 0) is 17.7 Å². The number of benzene rings is 1. The second-order valence-electron chi connectivity index (χ2n) is 7.06. The molecule has 2 heterocycles. The third-order valence-corrected chi connectivity index (χ3v) is 6.90. The van der Waals surface area contributed by atoms with Gasteiger partial charge in [0, 0.05) is 19.6 Å². The molecule has 0 aromatic heterocycles. The van der Waals surface area contributed by atoms with Crippen LogP contribution in [0.2, 0.25) is 0 Å². The molecule has 0 saturated carbocycles. The zero-order chi connectivity index (χ0) is 23.6. The lowest BCUT2D eigenvalue weighted by atomic mass is 10.1. The number of amides is 1. The summed E-state index contributed by atoms with van der Waals surface area (Å²) in [5.74, 6) is -3.46. The number of hydrogen-bond acceptors (Lipinski definition) is 10. The summed E-state index contributed by atoms with van der Waals surface area (Å²) < 4.78 is 45.0. The summed E-state index contributed by atoms with van der Waals surface area (Å²) in [5.41, 5.74) is 0.504. The van der Waals surface area contributed by atoms with Crippen LogP contribution in [-0.2, 0) is 49.8 Å². The predicted octanol–water partition coefficient (Wildman–Crippen LogP) is -0.0547. The number of methoxy groups -OCH3 is 2. The molecule has 1 aromatic rings. The van der Waals surface area contributed by atoms with Crippen LogP contribution in [0.3, 0.4) is 0 Å². The first-order valence-electron chi connectivity index (χ1n) is 9.38. The molecule has 0 aliphatic carbocycles. The van der Waals surface area contributed by atoms with Crippen LogP contribution >= 0.6 is 0 Å². The maximum absolute atomic E-state index is 12.9. The second-order valence-corrected chi connectivity index (χ2v) is 9.16. The van der Waals surface area contributed by atoms with Crippen LogP contribution in [-0.4, -0.2) is 75.2 Å². The van der Waals surface area contributed by atoms with Gasteiger partial charge in [-0.15, -0.1) is 0 Å². The van der Waals surface area contributed by atoms with Crippen molar-refractivity contribution < 1.29 is 46.5 Å². The van der Waals surface area contributed by atoms with Gasteiger partial charge >= 0.3 is 17.9 Å². The molecule has 1 aromatic carbocycles. The van der Waals surface area contributed by atoms with E-state index in [-0.39, 0.29) is 17.9 Å². The molecule has 0 bridgehead atoms. The Labute approximate surface area is 183 Å². The molecule has 3 rings (SSSR count). The van der Waals surface area contributed by atoms with Crippen LogP contribution in [0, 0.1) is 0 Å². The first kappa shape index (κ1) is 23.4. The van der Waals surface area contributed by atoms with Crippen LogP contribution < -0.4 is 0 Å². The van der Waals surface area contributed by atoms with Gasteiger partial charge in [-0.25, -0.2) is 18.0 Å². The van der Waals surface area contributed by atoms with Crippen LogP contribution in [0.25, 0.3) is 0 Å². The highest BCUT2D eigenvalue weighted by atomic mass is 32.2. The topological polar surface area (TPSA) is 143 Å². The van der Waals surface area contributed by atoms with Crippen molar-refractivity contribution in [2.75, 3.05) is 26.6 Å². The zero-order valence-electron chi connectivity index (χ0n) is 17.5. The van der Waals surface area contributed by atoms with Gasteiger partial charge in [0.25, 0.3) is 5.91 Å². The molecule has 1 amide bonds. The summed E-state index contributed by atoms with van der Waals surface area (Å²) in [6, 6.07) is 6.09. The van der Waals surface area contributed by atoms with Crippen molar-refractivity contribution >= 4 is 33.7 Å². The average Bonchev–Trinajstić information content (AvgIpc) is 2.75. The molecule has 0 N–H and O–H groups in total. The van der Waals surface area contributed by atoms with E-state index in [1.165, 1.54) is 26.4 Å². The van der Waals surface area contributed by atoms with Crippen LogP contribution in [0.4, 0.5) is 0 Å². The Balaban J connectivity index is 1.85. The number of carbonyl (C=O) groups is 4. The van der Waals surface area contributed by atoms with Crippen molar-refractivity contribution in [1.82, 2.24) is 4.90 Å². The van der Waals surface area contributed by atoms with Crippen molar-refractivity contribution in [3.8, 4) is 0 Å². The highest BCUT2D eigenvalue weighted by Crippen LogP contribution is 2.38. The van der Waals surface area contributed by atoms with Gasteiger partial charge in [0.15, 0.2) is 21.3 Å². The lowest BCUT2D eigenvalue weighted by molar-refractivity contribution is -0.164. The summed E-state index contributed by atoms with van der Waals surface area (Å²) in [4.78, 5) is 48.9. The minimum absolute atomic E-state index is 0.0645. The maximum atomic E-state index is 12.9. The Morgan fingerprint density at radius 2 is 1.69 bits per heavy atom. The summed E-state index contributed by atoms with van der Waals surface area (Å²) in [5, 5.41) is -1.36. The molecular formula is C20H21NO10S. The quantitative estimate of drug-likeness (QED) is 0.304. The summed E-state index contributed by atoms with van der Waals surface area (Å²) in [7, 11) is -1.43. The number of ether oxygens (including phenoxy) is 4. The second kappa shape index (κ2) is 9.09. The Morgan fingerprint density at radius 3 is 2.25 bits per heavy atom. The molecule has 2 atom stereocenters. The highest BCUT2D eigenvalue weighted by Gasteiger charge is 2.60. The number of sulfone groups is 1. The molecule has 1 saturated heterocycles. The smallest absolute Gasteiger partial charge is 0.355 e. The first-order valence-corrected chi connectivity index (χ1v) is 11.1. The van der Waals surface area contributed by atoms with E-state index < -0.39 is 57.5 Å². The molecule has 0 spiro atoms. The molecule has 12 heteroatoms. The number of hydrogen-bond donors (Lipinski definition) is 0. The van der Waals surface area contributed by atoms with E-state index >= 15 is 0 Å². The van der Waals surface area contributed by atoms with Crippen molar-refractivity contribution in [1.29, 1.82) is 0 Å². The molecule has 11 nitrogen and oxygen atoms in total. The number of esters is 3. The fraction of sp³-hybridized carbons (Fsp3) is 0.400. The normalized spacial score (nSPS) is 21.3. The molecular weight excluding hydrogens is 446 g/mol. The van der Waals surface area contributed by atoms with Gasteiger partial charge < -0.3 is 18.9 Å². The minimum Gasteiger partial charge on any atom is -0.465 e. The summed E-state index contributed by atoms with van der Waals surface area (Å²) >= 11 is 0. The predicted molar refractivity (Wildman–Crippen MR) is 106 cm³/mol. The van der Waals surface area contributed by atoms with Crippen LogP contribution in [0.1, 0.15) is 22.8 Å². The number of β-lactam (4-membered cyclic amide) rings is 1. The van der Waals surface area contributed by atoms with Crippen LogP contribution in [0.5, 0.6) is 0 Å². The number of fused-ring (bicyclic) bond motifs is 1. The monoisotopic (exact) mass is 467 g/mol. The molecule has 0 unspecified atom stereocenters. The van der Waals surface area contributed by atoms with Gasteiger partial charge in [-0.3, -0.25) is 14.5 Å². The number of carbonyl (C=O) groups excluding carboxylic acids is 4. The van der Waals surface area contributed by atoms with E-state index in [9.17, 15) is 27.6 Å². The lowest BCUT2D eigenvalue weighted by Crippen LogP contribution is -2.70. The number of nitrogens with zero attached hydrogens (tertiary/aromatic N) is 1. The van der Waals surface area contributed by atoms with Gasteiger partial charge in [0.1, 0.15) is 18.9 Å². The molecule has 172 valence electrons. The Kier molecular flexibility index (Phi) is 6.65. The highest BCUT2D eigenvalue weighted by molar-refractivity contribution is 7.92. The van der Waals surface area contributed by atoms with E-state index in [0.717, 1.165) is 11.8 Å². The maximum Gasteiger partial charge on any atom is 0.355 e. The Morgan fingerprint density at radius 1 is 1.03 bits per heavy atom. The summed E-state index contributed by atoms with van der Waals surface area (Å²) in [6.45, 7) is 0.436. The number of rotatable bonds is 7. The molecule has 2 aliphatic rings. The van der Waals surface area contributed by atoms with E-state index in [1.807, 2.05) is 0 Å². The standard InChI is InChI=1S/C20H21NO10S/c1-11(22)30-9-14-10-32(26,27)18-16(28-2)17(23)21(18)15(14)20(25)31-8-12-4-6-13(7-5-12)19(24)29-3/h4-7,16,18H,8-10H2,1-3H3/t16-,18+/m0/s1. The van der Waals surface area contributed by atoms with Gasteiger partial charge in [-0.1, -0.05) is 12.1 Å². The zero-order valence-corrected chi connectivity index (χ0v) is 18.3. The van der Waals surface area contributed by atoms with Crippen molar-refractivity contribution in [3.63, 3.8) is 0 Å². The molecule has 32 heavy (non-hydrogen) atoms. The Bertz CT molecular complexity index is 1090. The van der Waals surface area contributed by atoms with Crippen LogP contribution in [0.15, 0.2) is 35.5 Å². The first-order chi connectivity index (χ1) is 15.1. The largest absolute Gasteiger partial charge is 0.465 e. The van der Waals surface area contributed by atoms with E-state index in [4.69, 9.17) is 14.2 Å². The molecule has 1 fully saturated rings. The third-order valence-electron chi connectivity index (χ3n) is 4.96. The summed E-state index contributed by atoms with van der Waals surface area (Å²) in [6.07, 6.45) is -1.23.